The smallest absolute Gasteiger partial charge is 0.261 e. The summed E-state index contributed by atoms with van der Waals surface area (Å²) in [5, 5.41) is 6.68. The summed E-state index contributed by atoms with van der Waals surface area (Å²) in [6.07, 6.45) is -0.643. The number of aromatic nitrogens is 2. The van der Waals surface area contributed by atoms with Crippen molar-refractivity contribution in [2.45, 2.75) is 26.5 Å². The average Bonchev–Trinajstić information content (AvgIpc) is 3.11. The van der Waals surface area contributed by atoms with Gasteiger partial charge in [-0.05, 0) is 38.1 Å². The SMILES string of the molecule is Cc1ccc(-c2noc(CNC(=O)[C@H](C)Oc3ccc(Br)cc3)n2)cc1. The van der Waals surface area contributed by atoms with Gasteiger partial charge in [0, 0.05) is 10.0 Å². The molecule has 1 aromatic heterocycles. The van der Waals surface area contributed by atoms with Crippen molar-refractivity contribution in [3.63, 3.8) is 0 Å². The maximum absolute atomic E-state index is 12.2. The molecule has 134 valence electrons. The van der Waals surface area contributed by atoms with E-state index < -0.39 is 6.10 Å². The zero-order valence-electron chi connectivity index (χ0n) is 14.4. The minimum absolute atomic E-state index is 0.145. The number of rotatable bonds is 6. The van der Waals surface area contributed by atoms with Gasteiger partial charge in [-0.25, -0.2) is 0 Å². The van der Waals surface area contributed by atoms with E-state index >= 15 is 0 Å². The van der Waals surface area contributed by atoms with Gasteiger partial charge in [0.2, 0.25) is 11.7 Å². The third-order valence-electron chi connectivity index (χ3n) is 3.69. The maximum atomic E-state index is 12.2. The first-order chi connectivity index (χ1) is 12.5. The van der Waals surface area contributed by atoms with Crippen molar-refractivity contribution in [3.05, 3.63) is 64.5 Å². The Balaban J connectivity index is 1.54. The number of nitrogens with zero attached hydrogens (tertiary/aromatic N) is 2. The monoisotopic (exact) mass is 415 g/mol. The molecule has 0 unspecified atom stereocenters. The van der Waals surface area contributed by atoms with Crippen LogP contribution in [0.3, 0.4) is 0 Å². The molecule has 0 radical (unpaired) electrons. The highest BCUT2D eigenvalue weighted by atomic mass is 79.9. The van der Waals surface area contributed by atoms with E-state index in [2.05, 4.69) is 31.4 Å². The van der Waals surface area contributed by atoms with Crippen LogP contribution in [0, 0.1) is 6.92 Å². The predicted octanol–water partition coefficient (Wildman–Crippen LogP) is 3.89. The largest absolute Gasteiger partial charge is 0.481 e. The third-order valence-corrected chi connectivity index (χ3v) is 4.22. The van der Waals surface area contributed by atoms with Crippen LogP contribution >= 0.6 is 15.9 Å². The fourth-order valence-corrected chi connectivity index (χ4v) is 2.49. The third kappa shape index (κ3) is 4.70. The summed E-state index contributed by atoms with van der Waals surface area (Å²) in [6, 6.07) is 15.1. The van der Waals surface area contributed by atoms with Crippen molar-refractivity contribution in [2.75, 3.05) is 0 Å². The Hall–Kier alpha value is -2.67. The molecule has 0 bridgehead atoms. The number of hydrogen-bond acceptors (Lipinski definition) is 5. The van der Waals surface area contributed by atoms with E-state index in [1.165, 1.54) is 0 Å². The first-order valence-electron chi connectivity index (χ1n) is 8.11. The lowest BCUT2D eigenvalue weighted by molar-refractivity contribution is -0.127. The number of carbonyl (C=O) groups excluding carboxylic acids is 1. The van der Waals surface area contributed by atoms with E-state index in [0.29, 0.717) is 17.5 Å². The van der Waals surface area contributed by atoms with Crippen LogP contribution in [0.4, 0.5) is 0 Å². The molecular formula is C19H18BrN3O3. The number of ether oxygens (including phenoxy) is 1. The molecule has 3 rings (SSSR count). The van der Waals surface area contributed by atoms with Crippen LogP contribution in [0.15, 0.2) is 57.5 Å². The number of carbonyl (C=O) groups is 1. The topological polar surface area (TPSA) is 77.2 Å². The molecule has 1 amide bonds. The molecule has 1 atom stereocenters. The zero-order chi connectivity index (χ0) is 18.5. The van der Waals surface area contributed by atoms with Gasteiger partial charge in [-0.3, -0.25) is 4.79 Å². The second kappa shape index (κ2) is 8.14. The van der Waals surface area contributed by atoms with Gasteiger partial charge >= 0.3 is 0 Å². The van der Waals surface area contributed by atoms with Crippen molar-refractivity contribution in [2.24, 2.45) is 0 Å². The van der Waals surface area contributed by atoms with E-state index in [9.17, 15) is 4.79 Å². The van der Waals surface area contributed by atoms with Crippen LogP contribution < -0.4 is 10.1 Å². The first kappa shape index (κ1) is 18.1. The number of halogens is 1. The Morgan fingerprint density at radius 1 is 1.19 bits per heavy atom. The van der Waals surface area contributed by atoms with Gasteiger partial charge in [0.15, 0.2) is 6.10 Å². The van der Waals surface area contributed by atoms with Crippen LogP contribution in [0.2, 0.25) is 0 Å². The standard InChI is InChI=1S/C19H18BrN3O3/c1-12-3-5-14(6-4-12)18-22-17(26-23-18)11-21-19(24)13(2)25-16-9-7-15(20)8-10-16/h3-10,13H,11H2,1-2H3,(H,21,24)/t13-/m0/s1. The Morgan fingerprint density at radius 3 is 2.58 bits per heavy atom. The Kier molecular flexibility index (Phi) is 5.68. The van der Waals surface area contributed by atoms with Crippen LogP contribution in [-0.2, 0) is 11.3 Å². The molecule has 0 aliphatic rings. The molecule has 2 aromatic carbocycles. The highest BCUT2D eigenvalue weighted by Gasteiger charge is 2.16. The normalized spacial score (nSPS) is 11.8. The van der Waals surface area contributed by atoms with Gasteiger partial charge in [0.1, 0.15) is 5.75 Å². The molecule has 0 aliphatic heterocycles. The minimum Gasteiger partial charge on any atom is -0.481 e. The van der Waals surface area contributed by atoms with Gasteiger partial charge in [-0.2, -0.15) is 4.98 Å². The molecule has 26 heavy (non-hydrogen) atoms. The fourth-order valence-electron chi connectivity index (χ4n) is 2.22. The molecule has 1 N–H and O–H groups in total. The van der Waals surface area contributed by atoms with E-state index in [-0.39, 0.29) is 12.5 Å². The molecule has 3 aromatic rings. The molecule has 0 fully saturated rings. The number of aryl methyl sites for hydroxylation is 1. The van der Waals surface area contributed by atoms with Gasteiger partial charge in [0.05, 0.1) is 6.54 Å². The summed E-state index contributed by atoms with van der Waals surface area (Å²) >= 11 is 3.36. The second-order valence-corrected chi connectivity index (χ2v) is 6.73. The van der Waals surface area contributed by atoms with Crippen molar-refractivity contribution in [3.8, 4) is 17.1 Å². The number of amides is 1. The average molecular weight is 416 g/mol. The molecule has 0 aliphatic carbocycles. The number of nitrogens with one attached hydrogen (secondary N) is 1. The van der Waals surface area contributed by atoms with Crippen molar-refractivity contribution in [1.29, 1.82) is 0 Å². The molecule has 7 heteroatoms. The van der Waals surface area contributed by atoms with Gasteiger partial charge in [0.25, 0.3) is 5.91 Å². The van der Waals surface area contributed by atoms with Crippen LogP contribution in [0.25, 0.3) is 11.4 Å². The zero-order valence-corrected chi connectivity index (χ0v) is 16.0. The van der Waals surface area contributed by atoms with Crippen LogP contribution in [0.1, 0.15) is 18.4 Å². The van der Waals surface area contributed by atoms with Crippen molar-refractivity contribution in [1.82, 2.24) is 15.5 Å². The lowest BCUT2D eigenvalue weighted by atomic mass is 10.1. The molecular weight excluding hydrogens is 398 g/mol. The molecule has 6 nitrogen and oxygen atoms in total. The second-order valence-electron chi connectivity index (χ2n) is 5.81. The molecule has 1 heterocycles. The summed E-state index contributed by atoms with van der Waals surface area (Å²) in [5.74, 6) is 1.19. The highest BCUT2D eigenvalue weighted by molar-refractivity contribution is 9.10. The summed E-state index contributed by atoms with van der Waals surface area (Å²) in [7, 11) is 0. The van der Waals surface area contributed by atoms with Crippen LogP contribution in [0.5, 0.6) is 5.75 Å². The minimum atomic E-state index is -0.643. The number of benzene rings is 2. The van der Waals surface area contributed by atoms with Crippen molar-refractivity contribution < 1.29 is 14.1 Å². The van der Waals surface area contributed by atoms with Gasteiger partial charge in [-0.15, -0.1) is 0 Å². The molecule has 0 saturated heterocycles. The quantitative estimate of drug-likeness (QED) is 0.660. The van der Waals surface area contributed by atoms with E-state index in [1.54, 1.807) is 19.1 Å². The number of hydrogen-bond donors (Lipinski definition) is 1. The fraction of sp³-hybridized carbons (Fsp3) is 0.211. The summed E-state index contributed by atoms with van der Waals surface area (Å²) in [6.45, 7) is 3.84. The Bertz CT molecular complexity index is 876. The van der Waals surface area contributed by atoms with E-state index in [4.69, 9.17) is 9.26 Å². The predicted molar refractivity (Wildman–Crippen MR) is 101 cm³/mol. The summed E-state index contributed by atoms with van der Waals surface area (Å²) < 4.78 is 11.7. The van der Waals surface area contributed by atoms with Gasteiger partial charge < -0.3 is 14.6 Å². The Morgan fingerprint density at radius 2 is 1.88 bits per heavy atom. The maximum Gasteiger partial charge on any atom is 0.261 e. The molecule has 0 spiro atoms. The summed E-state index contributed by atoms with van der Waals surface area (Å²) in [5.41, 5.74) is 2.02. The first-order valence-corrected chi connectivity index (χ1v) is 8.90. The summed E-state index contributed by atoms with van der Waals surface area (Å²) in [4.78, 5) is 16.5. The van der Waals surface area contributed by atoms with Gasteiger partial charge in [-0.1, -0.05) is 50.9 Å². The molecule has 0 saturated carbocycles. The van der Waals surface area contributed by atoms with E-state index in [1.807, 2.05) is 43.3 Å². The lowest BCUT2D eigenvalue weighted by Gasteiger charge is -2.13. The van der Waals surface area contributed by atoms with E-state index in [0.717, 1.165) is 15.6 Å². The highest BCUT2D eigenvalue weighted by Crippen LogP contribution is 2.18. The Labute approximate surface area is 159 Å². The van der Waals surface area contributed by atoms with Crippen molar-refractivity contribution >= 4 is 21.8 Å². The van der Waals surface area contributed by atoms with Crippen LogP contribution in [-0.4, -0.2) is 22.2 Å². The lowest BCUT2D eigenvalue weighted by Crippen LogP contribution is -2.35.